The largest absolute Gasteiger partial charge is 0.385 e. The SMILES string of the molecule is OC1(c2cc(Cl)ccc2N2CCOCC2)CC1. The highest BCUT2D eigenvalue weighted by atomic mass is 35.5. The molecule has 3 rings (SSSR count). The second-order valence-corrected chi connectivity index (χ2v) is 5.23. The van der Waals surface area contributed by atoms with E-state index in [1.165, 1.54) is 0 Å². The van der Waals surface area contributed by atoms with E-state index in [0.29, 0.717) is 5.02 Å². The number of rotatable bonds is 2. The van der Waals surface area contributed by atoms with Crippen molar-refractivity contribution < 1.29 is 9.84 Å². The monoisotopic (exact) mass is 253 g/mol. The Bertz CT molecular complexity index is 425. The van der Waals surface area contributed by atoms with Crippen LogP contribution in [0, 0.1) is 0 Å². The average molecular weight is 254 g/mol. The zero-order chi connectivity index (χ0) is 11.9. The van der Waals surface area contributed by atoms with E-state index in [1.807, 2.05) is 18.2 Å². The Morgan fingerprint density at radius 3 is 2.59 bits per heavy atom. The average Bonchev–Trinajstić information content (AvgIpc) is 3.10. The van der Waals surface area contributed by atoms with Crippen LogP contribution in [-0.4, -0.2) is 31.4 Å². The Labute approximate surface area is 106 Å². The normalized spacial score (nSPS) is 22.6. The van der Waals surface area contributed by atoms with Gasteiger partial charge < -0.3 is 14.7 Å². The summed E-state index contributed by atoms with van der Waals surface area (Å²) in [4.78, 5) is 2.27. The summed E-state index contributed by atoms with van der Waals surface area (Å²) in [7, 11) is 0. The number of ether oxygens (including phenoxy) is 1. The van der Waals surface area contributed by atoms with Crippen LogP contribution in [0.2, 0.25) is 5.02 Å². The van der Waals surface area contributed by atoms with E-state index in [9.17, 15) is 5.11 Å². The van der Waals surface area contributed by atoms with Gasteiger partial charge in [-0.2, -0.15) is 0 Å². The van der Waals surface area contributed by atoms with E-state index in [-0.39, 0.29) is 0 Å². The Hall–Kier alpha value is -0.770. The number of nitrogens with zero attached hydrogens (tertiary/aromatic N) is 1. The van der Waals surface area contributed by atoms with Gasteiger partial charge in [0.25, 0.3) is 0 Å². The summed E-state index contributed by atoms with van der Waals surface area (Å²) >= 11 is 6.04. The number of hydrogen-bond donors (Lipinski definition) is 1. The molecule has 0 spiro atoms. The number of halogens is 1. The van der Waals surface area contributed by atoms with Crippen molar-refractivity contribution in [3.63, 3.8) is 0 Å². The molecule has 1 saturated heterocycles. The fourth-order valence-electron chi connectivity index (χ4n) is 2.35. The Morgan fingerprint density at radius 2 is 1.94 bits per heavy atom. The molecular weight excluding hydrogens is 238 g/mol. The van der Waals surface area contributed by atoms with Crippen molar-refractivity contribution in [3.05, 3.63) is 28.8 Å². The second kappa shape index (κ2) is 4.16. The first-order valence-electron chi connectivity index (χ1n) is 6.04. The molecule has 1 aromatic rings. The van der Waals surface area contributed by atoms with Gasteiger partial charge in [0.2, 0.25) is 0 Å². The first kappa shape index (κ1) is 11.3. The topological polar surface area (TPSA) is 32.7 Å². The molecule has 0 aromatic heterocycles. The number of aliphatic hydroxyl groups is 1. The molecular formula is C13H16ClNO2. The van der Waals surface area contributed by atoms with Crippen LogP contribution in [0.3, 0.4) is 0 Å². The fourth-order valence-corrected chi connectivity index (χ4v) is 2.52. The van der Waals surface area contributed by atoms with Gasteiger partial charge in [-0.1, -0.05) is 11.6 Å². The standard InChI is InChI=1S/C13H16ClNO2/c14-10-1-2-12(15-5-7-17-8-6-15)11(9-10)13(16)3-4-13/h1-2,9,16H,3-8H2. The summed E-state index contributed by atoms with van der Waals surface area (Å²) in [5.41, 5.74) is 1.45. The predicted molar refractivity (Wildman–Crippen MR) is 67.6 cm³/mol. The molecule has 1 aliphatic heterocycles. The maximum absolute atomic E-state index is 10.3. The summed E-state index contributed by atoms with van der Waals surface area (Å²) in [5.74, 6) is 0. The molecule has 0 amide bonds. The lowest BCUT2D eigenvalue weighted by atomic mass is 10.0. The summed E-state index contributed by atoms with van der Waals surface area (Å²) in [6.07, 6.45) is 1.68. The van der Waals surface area contributed by atoms with Crippen molar-refractivity contribution in [1.82, 2.24) is 0 Å². The van der Waals surface area contributed by atoms with Gasteiger partial charge in [0, 0.05) is 29.4 Å². The molecule has 1 saturated carbocycles. The summed E-state index contributed by atoms with van der Waals surface area (Å²) in [6, 6.07) is 5.81. The first-order chi connectivity index (χ1) is 8.19. The highest BCUT2D eigenvalue weighted by Crippen LogP contribution is 2.49. The van der Waals surface area contributed by atoms with Crippen molar-refractivity contribution in [1.29, 1.82) is 0 Å². The smallest absolute Gasteiger partial charge is 0.0919 e. The van der Waals surface area contributed by atoms with Gasteiger partial charge >= 0.3 is 0 Å². The quantitative estimate of drug-likeness (QED) is 0.877. The van der Waals surface area contributed by atoms with E-state index in [0.717, 1.165) is 50.4 Å². The van der Waals surface area contributed by atoms with Crippen molar-refractivity contribution in [2.45, 2.75) is 18.4 Å². The lowest BCUT2D eigenvalue weighted by molar-refractivity contribution is 0.121. The van der Waals surface area contributed by atoms with Crippen molar-refractivity contribution >= 4 is 17.3 Å². The third kappa shape index (κ3) is 2.15. The van der Waals surface area contributed by atoms with Gasteiger partial charge in [0.1, 0.15) is 0 Å². The van der Waals surface area contributed by atoms with Crippen LogP contribution in [0.4, 0.5) is 5.69 Å². The molecule has 1 N–H and O–H groups in total. The minimum Gasteiger partial charge on any atom is -0.385 e. The fraction of sp³-hybridized carbons (Fsp3) is 0.538. The van der Waals surface area contributed by atoms with Gasteiger partial charge in [-0.25, -0.2) is 0 Å². The first-order valence-corrected chi connectivity index (χ1v) is 6.42. The Kier molecular flexibility index (Phi) is 2.77. The van der Waals surface area contributed by atoms with Gasteiger partial charge in [-0.3, -0.25) is 0 Å². The minimum atomic E-state index is -0.640. The van der Waals surface area contributed by atoms with Crippen LogP contribution in [0.5, 0.6) is 0 Å². The van der Waals surface area contributed by atoms with Gasteiger partial charge in [-0.05, 0) is 31.0 Å². The van der Waals surface area contributed by atoms with Gasteiger partial charge in [0.15, 0.2) is 0 Å². The van der Waals surface area contributed by atoms with E-state index >= 15 is 0 Å². The van der Waals surface area contributed by atoms with E-state index < -0.39 is 5.60 Å². The summed E-state index contributed by atoms with van der Waals surface area (Å²) in [5, 5.41) is 11.0. The predicted octanol–water partition coefficient (Wildman–Crippen LogP) is 2.16. The van der Waals surface area contributed by atoms with Gasteiger partial charge in [0.05, 0.1) is 18.8 Å². The molecule has 1 heterocycles. The molecule has 2 aliphatic rings. The van der Waals surface area contributed by atoms with Crippen LogP contribution >= 0.6 is 11.6 Å². The van der Waals surface area contributed by atoms with Gasteiger partial charge in [-0.15, -0.1) is 0 Å². The summed E-state index contributed by atoms with van der Waals surface area (Å²) in [6.45, 7) is 3.26. The highest BCUT2D eigenvalue weighted by molar-refractivity contribution is 6.30. The third-order valence-electron chi connectivity index (χ3n) is 3.54. The number of benzene rings is 1. The molecule has 0 radical (unpaired) electrons. The lowest BCUT2D eigenvalue weighted by Gasteiger charge is -2.31. The molecule has 0 bridgehead atoms. The molecule has 2 fully saturated rings. The lowest BCUT2D eigenvalue weighted by Crippen LogP contribution is -2.37. The van der Waals surface area contributed by atoms with Crippen LogP contribution < -0.4 is 4.90 Å². The molecule has 0 unspecified atom stereocenters. The van der Waals surface area contributed by atoms with E-state index in [1.54, 1.807) is 0 Å². The number of anilines is 1. The van der Waals surface area contributed by atoms with Crippen molar-refractivity contribution in [3.8, 4) is 0 Å². The molecule has 17 heavy (non-hydrogen) atoms. The highest BCUT2D eigenvalue weighted by Gasteiger charge is 2.44. The van der Waals surface area contributed by atoms with E-state index in [4.69, 9.17) is 16.3 Å². The maximum atomic E-state index is 10.3. The molecule has 1 aliphatic carbocycles. The van der Waals surface area contributed by atoms with Crippen molar-refractivity contribution in [2.75, 3.05) is 31.2 Å². The minimum absolute atomic E-state index is 0.640. The number of morpholine rings is 1. The Morgan fingerprint density at radius 1 is 1.24 bits per heavy atom. The zero-order valence-electron chi connectivity index (χ0n) is 9.66. The maximum Gasteiger partial charge on any atom is 0.0919 e. The Balaban J connectivity index is 1.97. The third-order valence-corrected chi connectivity index (χ3v) is 3.77. The zero-order valence-corrected chi connectivity index (χ0v) is 10.4. The van der Waals surface area contributed by atoms with Crippen LogP contribution in [0.15, 0.2) is 18.2 Å². The summed E-state index contributed by atoms with van der Waals surface area (Å²) < 4.78 is 5.36. The molecule has 1 aromatic carbocycles. The molecule has 0 atom stereocenters. The molecule has 3 nitrogen and oxygen atoms in total. The second-order valence-electron chi connectivity index (χ2n) is 4.79. The molecule has 4 heteroatoms. The van der Waals surface area contributed by atoms with Crippen molar-refractivity contribution in [2.24, 2.45) is 0 Å². The number of hydrogen-bond acceptors (Lipinski definition) is 3. The van der Waals surface area contributed by atoms with Crippen LogP contribution in [0.25, 0.3) is 0 Å². The van der Waals surface area contributed by atoms with E-state index in [2.05, 4.69) is 4.90 Å². The van der Waals surface area contributed by atoms with Crippen LogP contribution in [-0.2, 0) is 10.3 Å². The molecule has 92 valence electrons. The van der Waals surface area contributed by atoms with Crippen LogP contribution in [0.1, 0.15) is 18.4 Å².